The molecule has 2 aromatic rings. The van der Waals surface area contributed by atoms with E-state index < -0.39 is 5.82 Å². The lowest BCUT2D eigenvalue weighted by Crippen LogP contribution is -2.53. The molecule has 4 rings (SSSR count). The number of carbonyl (C=O) groups is 3. The summed E-state index contributed by atoms with van der Waals surface area (Å²) in [5.74, 6) is -0.861. The number of hydrogen-bond acceptors (Lipinski definition) is 4. The van der Waals surface area contributed by atoms with E-state index in [2.05, 4.69) is 0 Å². The summed E-state index contributed by atoms with van der Waals surface area (Å²) in [4.78, 5) is 42.9. The first-order valence-corrected chi connectivity index (χ1v) is 11.6. The second-order valence-electron chi connectivity index (χ2n) is 8.63. The highest BCUT2D eigenvalue weighted by atomic mass is 35.5. The molecule has 174 valence electrons. The molecule has 2 amide bonds. The standard InChI is InChI=1S/C25H27ClFN3O3/c1-17(31)19-6-9-23(22(27)15-19)28-11-13-29(14-12-28)25(33)20-3-2-10-30(16-20)24(32)18-4-7-21(26)8-5-18/h4-9,15,20H,2-3,10-14,16H2,1H3. The Morgan fingerprint density at radius 3 is 2.21 bits per heavy atom. The number of carbonyl (C=O) groups excluding carboxylic acids is 3. The van der Waals surface area contributed by atoms with Crippen LogP contribution in [0.3, 0.4) is 0 Å². The summed E-state index contributed by atoms with van der Waals surface area (Å²) >= 11 is 5.92. The quantitative estimate of drug-likeness (QED) is 0.635. The topological polar surface area (TPSA) is 60.9 Å². The molecular weight excluding hydrogens is 445 g/mol. The Labute approximate surface area is 197 Å². The summed E-state index contributed by atoms with van der Waals surface area (Å²) in [6.07, 6.45) is 1.54. The van der Waals surface area contributed by atoms with Gasteiger partial charge in [-0.2, -0.15) is 0 Å². The van der Waals surface area contributed by atoms with Crippen LogP contribution >= 0.6 is 11.6 Å². The molecule has 2 aliphatic heterocycles. The normalized spacial score (nSPS) is 18.9. The smallest absolute Gasteiger partial charge is 0.253 e. The molecule has 0 N–H and O–H groups in total. The highest BCUT2D eigenvalue weighted by molar-refractivity contribution is 6.30. The van der Waals surface area contributed by atoms with Gasteiger partial charge in [-0.1, -0.05) is 11.6 Å². The van der Waals surface area contributed by atoms with Gasteiger partial charge in [0.05, 0.1) is 11.6 Å². The van der Waals surface area contributed by atoms with Gasteiger partial charge in [0.25, 0.3) is 5.91 Å². The van der Waals surface area contributed by atoms with E-state index in [1.807, 2.05) is 9.80 Å². The number of halogens is 2. The van der Waals surface area contributed by atoms with Crippen LogP contribution in [0.1, 0.15) is 40.5 Å². The van der Waals surface area contributed by atoms with Crippen molar-refractivity contribution in [1.82, 2.24) is 9.80 Å². The van der Waals surface area contributed by atoms with Crippen LogP contribution in [0.5, 0.6) is 0 Å². The molecule has 6 nitrogen and oxygen atoms in total. The van der Waals surface area contributed by atoms with Crippen molar-refractivity contribution in [2.24, 2.45) is 5.92 Å². The molecule has 2 saturated heterocycles. The molecule has 1 atom stereocenters. The van der Waals surface area contributed by atoms with Crippen LogP contribution in [0.2, 0.25) is 5.02 Å². The fourth-order valence-corrected chi connectivity index (χ4v) is 4.67. The van der Waals surface area contributed by atoms with Gasteiger partial charge < -0.3 is 14.7 Å². The van der Waals surface area contributed by atoms with Gasteiger partial charge in [-0.3, -0.25) is 14.4 Å². The van der Waals surface area contributed by atoms with Gasteiger partial charge in [0.1, 0.15) is 5.82 Å². The average Bonchev–Trinajstić information content (AvgIpc) is 2.84. The zero-order valence-electron chi connectivity index (χ0n) is 18.6. The van der Waals surface area contributed by atoms with Gasteiger partial charge in [0, 0.05) is 55.4 Å². The van der Waals surface area contributed by atoms with Gasteiger partial charge in [-0.05, 0) is 62.2 Å². The van der Waals surface area contributed by atoms with Crippen molar-refractivity contribution in [3.05, 3.63) is 64.4 Å². The number of ketones is 1. The third-order valence-corrected chi connectivity index (χ3v) is 6.69. The highest BCUT2D eigenvalue weighted by Gasteiger charge is 2.33. The van der Waals surface area contributed by atoms with E-state index in [0.29, 0.717) is 61.1 Å². The van der Waals surface area contributed by atoms with Crippen molar-refractivity contribution in [3.63, 3.8) is 0 Å². The van der Waals surface area contributed by atoms with Gasteiger partial charge in [-0.15, -0.1) is 0 Å². The lowest BCUT2D eigenvalue weighted by molar-refractivity contribution is -0.137. The zero-order valence-corrected chi connectivity index (χ0v) is 19.4. The van der Waals surface area contributed by atoms with E-state index in [1.165, 1.54) is 13.0 Å². The summed E-state index contributed by atoms with van der Waals surface area (Å²) in [6.45, 7) is 4.47. The average molecular weight is 472 g/mol. The van der Waals surface area contributed by atoms with Crippen molar-refractivity contribution < 1.29 is 18.8 Å². The van der Waals surface area contributed by atoms with Crippen LogP contribution in [-0.4, -0.2) is 66.7 Å². The molecule has 0 spiro atoms. The molecule has 0 aromatic heterocycles. The van der Waals surface area contributed by atoms with Crippen LogP contribution in [0.4, 0.5) is 10.1 Å². The van der Waals surface area contributed by atoms with Crippen molar-refractivity contribution >= 4 is 34.9 Å². The molecule has 2 heterocycles. The Morgan fingerprint density at radius 1 is 0.909 bits per heavy atom. The highest BCUT2D eigenvalue weighted by Crippen LogP contribution is 2.25. The number of piperidine rings is 1. The first-order chi connectivity index (χ1) is 15.8. The van der Waals surface area contributed by atoms with Crippen LogP contribution in [0, 0.1) is 11.7 Å². The Balaban J connectivity index is 1.35. The van der Waals surface area contributed by atoms with Gasteiger partial charge in [-0.25, -0.2) is 4.39 Å². The second-order valence-corrected chi connectivity index (χ2v) is 9.07. The van der Waals surface area contributed by atoms with Crippen molar-refractivity contribution in [1.29, 1.82) is 0 Å². The van der Waals surface area contributed by atoms with Gasteiger partial charge in [0.15, 0.2) is 5.78 Å². The number of rotatable bonds is 4. The van der Waals surface area contributed by atoms with E-state index in [1.54, 1.807) is 41.3 Å². The SMILES string of the molecule is CC(=O)c1ccc(N2CCN(C(=O)C3CCCN(C(=O)c4ccc(Cl)cc4)C3)CC2)c(F)c1. The number of piperazine rings is 1. The van der Waals surface area contributed by atoms with Crippen molar-refractivity contribution in [3.8, 4) is 0 Å². The molecule has 2 fully saturated rings. The minimum atomic E-state index is -0.425. The summed E-state index contributed by atoms with van der Waals surface area (Å²) in [5.41, 5.74) is 1.36. The van der Waals surface area contributed by atoms with Crippen molar-refractivity contribution in [2.75, 3.05) is 44.2 Å². The molecule has 0 aliphatic carbocycles. The van der Waals surface area contributed by atoms with Gasteiger partial charge >= 0.3 is 0 Å². The summed E-state index contributed by atoms with van der Waals surface area (Å²) in [6, 6.07) is 11.3. The maximum absolute atomic E-state index is 14.5. The molecule has 0 radical (unpaired) electrons. The number of nitrogens with zero attached hydrogens (tertiary/aromatic N) is 3. The molecule has 2 aromatic carbocycles. The maximum Gasteiger partial charge on any atom is 0.253 e. The Morgan fingerprint density at radius 2 is 1.58 bits per heavy atom. The minimum Gasteiger partial charge on any atom is -0.366 e. The molecule has 0 saturated carbocycles. The Bertz CT molecular complexity index is 1050. The summed E-state index contributed by atoms with van der Waals surface area (Å²) in [7, 11) is 0. The molecule has 8 heteroatoms. The largest absolute Gasteiger partial charge is 0.366 e. The lowest BCUT2D eigenvalue weighted by Gasteiger charge is -2.39. The fourth-order valence-electron chi connectivity index (χ4n) is 4.55. The second kappa shape index (κ2) is 9.91. The van der Waals surface area contributed by atoms with Crippen molar-refractivity contribution in [2.45, 2.75) is 19.8 Å². The molecule has 2 aliphatic rings. The number of anilines is 1. The number of amides is 2. The predicted molar refractivity (Wildman–Crippen MR) is 125 cm³/mol. The Kier molecular flexibility index (Phi) is 6.98. The maximum atomic E-state index is 14.5. The number of benzene rings is 2. The number of Topliss-reactive ketones (excluding diaryl/α,β-unsaturated/α-hetero) is 1. The summed E-state index contributed by atoms with van der Waals surface area (Å²) < 4.78 is 14.5. The van der Waals surface area contributed by atoms with E-state index in [9.17, 15) is 18.8 Å². The number of hydrogen-bond donors (Lipinski definition) is 0. The van der Waals surface area contributed by atoms with E-state index in [0.717, 1.165) is 12.8 Å². The first-order valence-electron chi connectivity index (χ1n) is 11.2. The lowest BCUT2D eigenvalue weighted by atomic mass is 9.95. The molecule has 0 bridgehead atoms. The monoisotopic (exact) mass is 471 g/mol. The van der Waals surface area contributed by atoms with Crippen LogP contribution in [-0.2, 0) is 4.79 Å². The van der Waals surface area contributed by atoms with Gasteiger partial charge in [0.2, 0.25) is 5.91 Å². The first kappa shape index (κ1) is 23.2. The van der Waals surface area contributed by atoms with E-state index >= 15 is 0 Å². The third-order valence-electron chi connectivity index (χ3n) is 6.44. The van der Waals surface area contributed by atoms with Crippen LogP contribution < -0.4 is 4.90 Å². The van der Waals surface area contributed by atoms with Crippen LogP contribution in [0.15, 0.2) is 42.5 Å². The van der Waals surface area contributed by atoms with E-state index in [4.69, 9.17) is 11.6 Å². The predicted octanol–water partition coefficient (Wildman–Crippen LogP) is 3.88. The molecule has 1 unspecified atom stereocenters. The van der Waals surface area contributed by atoms with Crippen LogP contribution in [0.25, 0.3) is 0 Å². The summed E-state index contributed by atoms with van der Waals surface area (Å²) in [5, 5.41) is 0.576. The zero-order chi connectivity index (χ0) is 23.5. The fraction of sp³-hybridized carbons (Fsp3) is 0.400. The van der Waals surface area contributed by atoms with E-state index in [-0.39, 0.29) is 23.5 Å². The molecule has 33 heavy (non-hydrogen) atoms. The Hall–Kier alpha value is -2.93. The molecular formula is C25H27ClFN3O3. The third kappa shape index (κ3) is 5.19. The number of likely N-dealkylation sites (tertiary alicyclic amines) is 1. The minimum absolute atomic E-state index is 0.0515.